The summed E-state index contributed by atoms with van der Waals surface area (Å²) in [4.78, 5) is 0. The highest BCUT2D eigenvalue weighted by atomic mass is 14.9. The molecule has 1 aliphatic heterocycles. The maximum Gasteiger partial charge on any atom is 0.00953 e. The minimum atomic E-state index is 0.905. The lowest BCUT2D eigenvalue weighted by Gasteiger charge is -2.36. The maximum atomic E-state index is 3.62. The van der Waals surface area contributed by atoms with Gasteiger partial charge in [-0.3, -0.25) is 0 Å². The predicted molar refractivity (Wildman–Crippen MR) is 43.0 cm³/mol. The van der Waals surface area contributed by atoms with Gasteiger partial charge in [0.05, 0.1) is 0 Å². The molecule has 0 bridgehead atoms. The lowest BCUT2D eigenvalue weighted by atomic mass is 9.80. The van der Waals surface area contributed by atoms with Crippen LogP contribution in [0.25, 0.3) is 0 Å². The van der Waals surface area contributed by atoms with Crippen LogP contribution >= 0.6 is 0 Å². The van der Waals surface area contributed by atoms with E-state index in [2.05, 4.69) is 5.32 Å². The number of nitrogens with one attached hydrogen (secondary N) is 1. The van der Waals surface area contributed by atoms with Gasteiger partial charge in [-0.25, -0.2) is 0 Å². The summed E-state index contributed by atoms with van der Waals surface area (Å²) in [6.07, 6.45) is 8.82. The Balaban J connectivity index is 1.93. The van der Waals surface area contributed by atoms with Crippen LogP contribution < -0.4 is 5.32 Å². The second kappa shape index (κ2) is 2.91. The van der Waals surface area contributed by atoms with Crippen molar-refractivity contribution in [3.05, 3.63) is 0 Å². The summed E-state index contributed by atoms with van der Waals surface area (Å²) >= 11 is 0. The first-order valence-corrected chi connectivity index (χ1v) is 4.70. The first kappa shape index (κ1) is 6.66. The Labute approximate surface area is 63.2 Å². The molecule has 1 saturated heterocycles. The fraction of sp³-hybridized carbons (Fsp3) is 1.00. The molecule has 0 aromatic rings. The Kier molecular flexibility index (Phi) is 1.94. The van der Waals surface area contributed by atoms with Crippen LogP contribution in [0.3, 0.4) is 0 Å². The van der Waals surface area contributed by atoms with Crippen molar-refractivity contribution in [2.24, 2.45) is 5.92 Å². The highest BCUT2D eigenvalue weighted by Gasteiger charge is 2.26. The molecule has 1 N–H and O–H groups in total. The summed E-state index contributed by atoms with van der Waals surface area (Å²) in [6, 6.07) is 0.905. The third-order valence-electron chi connectivity index (χ3n) is 3.07. The Bertz CT molecular complexity index is 85.3. The lowest BCUT2D eigenvalue weighted by molar-refractivity contribution is 0.212. The molecule has 0 amide bonds. The molecule has 0 aromatic heterocycles. The summed E-state index contributed by atoms with van der Waals surface area (Å²) in [5.74, 6) is 1.04. The monoisotopic (exact) mass is 139 g/mol. The van der Waals surface area contributed by atoms with E-state index in [-0.39, 0.29) is 0 Å². The quantitative estimate of drug-likeness (QED) is 0.540. The third-order valence-corrected chi connectivity index (χ3v) is 3.07. The van der Waals surface area contributed by atoms with Crippen LogP contribution in [0, 0.1) is 5.92 Å². The number of fused-ring (bicyclic) bond motifs is 1. The van der Waals surface area contributed by atoms with Crippen molar-refractivity contribution in [3.8, 4) is 0 Å². The van der Waals surface area contributed by atoms with Crippen LogP contribution in [0.15, 0.2) is 0 Å². The Morgan fingerprint density at radius 3 is 2.60 bits per heavy atom. The maximum absolute atomic E-state index is 3.62. The predicted octanol–water partition coefficient (Wildman–Crippen LogP) is 1.93. The van der Waals surface area contributed by atoms with Gasteiger partial charge in [-0.2, -0.15) is 0 Å². The SMILES string of the molecule is C1CC[C@H]2NCCC[C@H]2C1. The van der Waals surface area contributed by atoms with Crippen molar-refractivity contribution in [3.63, 3.8) is 0 Å². The van der Waals surface area contributed by atoms with Gasteiger partial charge in [0.2, 0.25) is 0 Å². The van der Waals surface area contributed by atoms with Crippen LogP contribution in [0.5, 0.6) is 0 Å². The van der Waals surface area contributed by atoms with E-state index in [0.29, 0.717) is 0 Å². The van der Waals surface area contributed by atoms with Gasteiger partial charge >= 0.3 is 0 Å². The van der Waals surface area contributed by atoms with Gasteiger partial charge < -0.3 is 5.32 Å². The van der Waals surface area contributed by atoms with Gasteiger partial charge in [0.1, 0.15) is 0 Å². The van der Waals surface area contributed by atoms with Crippen LogP contribution in [0.1, 0.15) is 38.5 Å². The molecule has 0 unspecified atom stereocenters. The fourth-order valence-corrected chi connectivity index (χ4v) is 2.47. The molecule has 0 radical (unpaired) electrons. The van der Waals surface area contributed by atoms with E-state index in [9.17, 15) is 0 Å². The zero-order valence-corrected chi connectivity index (χ0v) is 6.60. The molecule has 10 heavy (non-hydrogen) atoms. The highest BCUT2D eigenvalue weighted by molar-refractivity contribution is 4.84. The lowest BCUT2D eigenvalue weighted by Crippen LogP contribution is -2.42. The van der Waals surface area contributed by atoms with E-state index in [1.165, 1.54) is 45.1 Å². The molecule has 2 atom stereocenters. The molecule has 1 aliphatic carbocycles. The van der Waals surface area contributed by atoms with Gasteiger partial charge in [0.25, 0.3) is 0 Å². The molecule has 2 aliphatic rings. The summed E-state index contributed by atoms with van der Waals surface area (Å²) in [5, 5.41) is 3.62. The van der Waals surface area contributed by atoms with E-state index < -0.39 is 0 Å². The normalized spacial score (nSPS) is 40.8. The van der Waals surface area contributed by atoms with Crippen LogP contribution in [0.4, 0.5) is 0 Å². The minimum Gasteiger partial charge on any atom is -0.314 e. The average Bonchev–Trinajstić information content (AvgIpc) is 2.05. The number of hydrogen-bond acceptors (Lipinski definition) is 1. The molecule has 0 spiro atoms. The van der Waals surface area contributed by atoms with Crippen LogP contribution in [0.2, 0.25) is 0 Å². The summed E-state index contributed by atoms with van der Waals surface area (Å²) < 4.78 is 0. The zero-order valence-electron chi connectivity index (χ0n) is 6.60. The molecule has 0 aromatic carbocycles. The minimum absolute atomic E-state index is 0.905. The van der Waals surface area contributed by atoms with Crippen molar-refractivity contribution in [2.45, 2.75) is 44.6 Å². The summed E-state index contributed by atoms with van der Waals surface area (Å²) in [5.41, 5.74) is 0. The zero-order chi connectivity index (χ0) is 6.81. The van der Waals surface area contributed by atoms with E-state index in [4.69, 9.17) is 0 Å². The molecule has 1 saturated carbocycles. The van der Waals surface area contributed by atoms with Gasteiger partial charge in [-0.05, 0) is 38.1 Å². The summed E-state index contributed by atoms with van der Waals surface area (Å²) in [6.45, 7) is 1.28. The molecule has 2 rings (SSSR count). The highest BCUT2D eigenvalue weighted by Crippen LogP contribution is 2.29. The Morgan fingerprint density at radius 2 is 1.70 bits per heavy atom. The second-order valence-electron chi connectivity index (χ2n) is 3.75. The van der Waals surface area contributed by atoms with Crippen LogP contribution in [-0.2, 0) is 0 Å². The smallest absolute Gasteiger partial charge is 0.00953 e. The molecular weight excluding hydrogens is 122 g/mol. The van der Waals surface area contributed by atoms with E-state index in [1.807, 2.05) is 0 Å². The standard InChI is InChI=1S/C9H17N/c1-2-6-9-8(4-1)5-3-7-10-9/h8-10H,1-7H2/t8-,9-/m1/s1. The van der Waals surface area contributed by atoms with Crippen molar-refractivity contribution in [1.82, 2.24) is 5.32 Å². The van der Waals surface area contributed by atoms with Gasteiger partial charge in [-0.15, -0.1) is 0 Å². The number of rotatable bonds is 0. The molecule has 1 nitrogen and oxygen atoms in total. The second-order valence-corrected chi connectivity index (χ2v) is 3.75. The number of piperidine rings is 1. The molecule has 58 valence electrons. The first-order valence-electron chi connectivity index (χ1n) is 4.70. The third kappa shape index (κ3) is 1.20. The first-order chi connectivity index (χ1) is 4.97. The van der Waals surface area contributed by atoms with Gasteiger partial charge in [-0.1, -0.05) is 12.8 Å². The van der Waals surface area contributed by atoms with Crippen molar-refractivity contribution in [1.29, 1.82) is 0 Å². The van der Waals surface area contributed by atoms with E-state index in [1.54, 1.807) is 0 Å². The van der Waals surface area contributed by atoms with E-state index >= 15 is 0 Å². The van der Waals surface area contributed by atoms with Gasteiger partial charge in [0, 0.05) is 6.04 Å². The Morgan fingerprint density at radius 1 is 0.900 bits per heavy atom. The average molecular weight is 139 g/mol. The summed E-state index contributed by atoms with van der Waals surface area (Å²) in [7, 11) is 0. The molecule has 2 fully saturated rings. The Hall–Kier alpha value is -0.0400. The van der Waals surface area contributed by atoms with Crippen molar-refractivity contribution in [2.75, 3.05) is 6.54 Å². The van der Waals surface area contributed by atoms with E-state index in [0.717, 1.165) is 12.0 Å². The largest absolute Gasteiger partial charge is 0.314 e. The topological polar surface area (TPSA) is 12.0 Å². The molecule has 1 heterocycles. The van der Waals surface area contributed by atoms with Gasteiger partial charge in [0.15, 0.2) is 0 Å². The number of hydrogen-bond donors (Lipinski definition) is 1. The van der Waals surface area contributed by atoms with Crippen molar-refractivity contribution < 1.29 is 0 Å². The molecular formula is C9H17N. The van der Waals surface area contributed by atoms with Crippen molar-refractivity contribution >= 4 is 0 Å². The fourth-order valence-electron chi connectivity index (χ4n) is 2.47. The van der Waals surface area contributed by atoms with Crippen LogP contribution in [-0.4, -0.2) is 12.6 Å². The molecule has 1 heteroatoms.